The summed E-state index contributed by atoms with van der Waals surface area (Å²) in [6.07, 6.45) is 7.55. The van der Waals surface area contributed by atoms with Crippen molar-refractivity contribution >= 4 is 5.96 Å². The number of likely N-dealkylation sites (tertiary alicyclic amines) is 1. The Balaban J connectivity index is 1.49. The average Bonchev–Trinajstić information content (AvgIpc) is 3.03. The summed E-state index contributed by atoms with van der Waals surface area (Å²) in [6.45, 7) is 6.36. The third-order valence-electron chi connectivity index (χ3n) is 5.85. The summed E-state index contributed by atoms with van der Waals surface area (Å²) in [6, 6.07) is 11.4. The number of hydrogen-bond acceptors (Lipinski definition) is 2. The van der Waals surface area contributed by atoms with Gasteiger partial charge in [-0.25, -0.2) is 0 Å². The monoisotopic (exact) mass is 328 g/mol. The molecule has 1 aliphatic heterocycles. The summed E-state index contributed by atoms with van der Waals surface area (Å²) in [5.41, 5.74) is 7.89. The first-order valence-electron chi connectivity index (χ1n) is 9.52. The minimum atomic E-state index is 0.330. The fourth-order valence-corrected chi connectivity index (χ4v) is 4.17. The van der Waals surface area contributed by atoms with Gasteiger partial charge in [0.2, 0.25) is 0 Å². The molecule has 0 spiro atoms. The summed E-state index contributed by atoms with van der Waals surface area (Å²) in [5, 5.41) is 3.36. The molecule has 1 aromatic carbocycles. The van der Waals surface area contributed by atoms with Gasteiger partial charge < -0.3 is 11.1 Å². The van der Waals surface area contributed by atoms with Gasteiger partial charge in [0.1, 0.15) is 0 Å². The molecule has 0 bridgehead atoms. The fraction of sp³-hybridized carbons (Fsp3) is 0.650. The van der Waals surface area contributed by atoms with Crippen molar-refractivity contribution in [2.24, 2.45) is 16.1 Å². The van der Waals surface area contributed by atoms with Gasteiger partial charge in [0.25, 0.3) is 0 Å². The van der Waals surface area contributed by atoms with Crippen molar-refractivity contribution in [3.05, 3.63) is 35.9 Å². The highest BCUT2D eigenvalue weighted by atomic mass is 15.2. The number of rotatable bonds is 7. The summed E-state index contributed by atoms with van der Waals surface area (Å²) in [7, 11) is 0. The SMILES string of the molecule is CCN1CCCC1CNC(N)=NCC1(Cc2ccccc2)CCC1. The summed E-state index contributed by atoms with van der Waals surface area (Å²) >= 11 is 0. The van der Waals surface area contributed by atoms with E-state index in [2.05, 4.69) is 47.5 Å². The molecule has 1 aromatic rings. The van der Waals surface area contributed by atoms with Gasteiger partial charge in [-0.05, 0) is 56.2 Å². The largest absolute Gasteiger partial charge is 0.370 e. The molecule has 1 saturated carbocycles. The van der Waals surface area contributed by atoms with E-state index >= 15 is 0 Å². The second-order valence-corrected chi connectivity index (χ2v) is 7.52. The van der Waals surface area contributed by atoms with Gasteiger partial charge in [-0.1, -0.05) is 43.7 Å². The van der Waals surface area contributed by atoms with E-state index in [0.29, 0.717) is 17.4 Å². The van der Waals surface area contributed by atoms with E-state index in [1.54, 1.807) is 0 Å². The van der Waals surface area contributed by atoms with Gasteiger partial charge in [0.15, 0.2) is 5.96 Å². The smallest absolute Gasteiger partial charge is 0.188 e. The van der Waals surface area contributed by atoms with Crippen LogP contribution in [-0.2, 0) is 6.42 Å². The molecule has 4 heteroatoms. The molecule has 3 N–H and O–H groups in total. The molecule has 3 rings (SSSR count). The van der Waals surface area contributed by atoms with Crippen molar-refractivity contribution in [1.82, 2.24) is 10.2 Å². The van der Waals surface area contributed by atoms with E-state index in [-0.39, 0.29) is 0 Å². The van der Waals surface area contributed by atoms with Crippen LogP contribution in [0.5, 0.6) is 0 Å². The molecule has 132 valence electrons. The maximum atomic E-state index is 6.14. The van der Waals surface area contributed by atoms with E-state index in [4.69, 9.17) is 10.7 Å². The molecule has 0 radical (unpaired) electrons. The highest BCUT2D eigenvalue weighted by Gasteiger charge is 2.36. The van der Waals surface area contributed by atoms with Gasteiger partial charge >= 0.3 is 0 Å². The number of guanidine groups is 1. The Morgan fingerprint density at radius 2 is 2.08 bits per heavy atom. The van der Waals surface area contributed by atoms with Gasteiger partial charge in [0, 0.05) is 19.1 Å². The number of aliphatic imine (C=N–C) groups is 1. The summed E-state index contributed by atoms with van der Waals surface area (Å²) in [5.74, 6) is 0.622. The van der Waals surface area contributed by atoms with Crippen LogP contribution in [0.15, 0.2) is 35.3 Å². The first-order chi connectivity index (χ1) is 11.7. The molecule has 0 aromatic heterocycles. The lowest BCUT2D eigenvalue weighted by atomic mass is 9.65. The third-order valence-corrected chi connectivity index (χ3v) is 5.85. The fourth-order valence-electron chi connectivity index (χ4n) is 4.17. The number of hydrogen-bond donors (Lipinski definition) is 2. The Hall–Kier alpha value is -1.55. The second-order valence-electron chi connectivity index (χ2n) is 7.52. The number of benzene rings is 1. The lowest BCUT2D eigenvalue weighted by Gasteiger charge is -2.41. The van der Waals surface area contributed by atoms with E-state index in [9.17, 15) is 0 Å². The zero-order valence-corrected chi connectivity index (χ0v) is 15.0. The van der Waals surface area contributed by atoms with Crippen molar-refractivity contribution < 1.29 is 0 Å². The van der Waals surface area contributed by atoms with Gasteiger partial charge in [-0.3, -0.25) is 9.89 Å². The number of nitrogens with one attached hydrogen (secondary N) is 1. The predicted molar refractivity (Wildman–Crippen MR) is 101 cm³/mol. The van der Waals surface area contributed by atoms with Crippen LogP contribution in [0.1, 0.15) is 44.6 Å². The first kappa shape index (κ1) is 17.3. The molecule has 1 atom stereocenters. The minimum absolute atomic E-state index is 0.330. The molecule has 2 aliphatic rings. The molecule has 2 fully saturated rings. The maximum Gasteiger partial charge on any atom is 0.188 e. The number of likely N-dealkylation sites (N-methyl/N-ethyl adjacent to an activating group) is 1. The summed E-state index contributed by atoms with van der Waals surface area (Å²) in [4.78, 5) is 7.22. The van der Waals surface area contributed by atoms with Crippen LogP contribution in [0.25, 0.3) is 0 Å². The molecule has 1 aliphatic carbocycles. The maximum absolute atomic E-state index is 6.14. The molecule has 1 saturated heterocycles. The van der Waals surface area contributed by atoms with E-state index in [0.717, 1.165) is 26.1 Å². The molecular formula is C20H32N4. The van der Waals surface area contributed by atoms with Crippen LogP contribution in [0.3, 0.4) is 0 Å². The normalized spacial score (nSPS) is 23.9. The van der Waals surface area contributed by atoms with Gasteiger partial charge in [0.05, 0.1) is 0 Å². The third kappa shape index (κ3) is 4.29. The molecular weight excluding hydrogens is 296 g/mol. The Morgan fingerprint density at radius 3 is 2.75 bits per heavy atom. The Kier molecular flexibility index (Phi) is 5.77. The van der Waals surface area contributed by atoms with Crippen LogP contribution in [0.4, 0.5) is 0 Å². The highest BCUT2D eigenvalue weighted by molar-refractivity contribution is 5.77. The zero-order valence-electron chi connectivity index (χ0n) is 15.0. The molecule has 24 heavy (non-hydrogen) atoms. The van der Waals surface area contributed by atoms with Crippen LogP contribution < -0.4 is 11.1 Å². The van der Waals surface area contributed by atoms with Crippen LogP contribution in [-0.4, -0.2) is 43.1 Å². The zero-order chi connectivity index (χ0) is 16.8. The van der Waals surface area contributed by atoms with Gasteiger partial charge in [-0.15, -0.1) is 0 Å². The molecule has 4 nitrogen and oxygen atoms in total. The number of nitrogens with two attached hydrogens (primary N) is 1. The van der Waals surface area contributed by atoms with E-state index in [1.165, 1.54) is 44.2 Å². The van der Waals surface area contributed by atoms with Crippen LogP contribution >= 0.6 is 0 Å². The van der Waals surface area contributed by atoms with E-state index < -0.39 is 0 Å². The second kappa shape index (κ2) is 8.02. The Morgan fingerprint density at radius 1 is 1.29 bits per heavy atom. The van der Waals surface area contributed by atoms with Crippen molar-refractivity contribution in [3.8, 4) is 0 Å². The molecule has 1 unspecified atom stereocenters. The lowest BCUT2D eigenvalue weighted by molar-refractivity contribution is 0.145. The summed E-state index contributed by atoms with van der Waals surface area (Å²) < 4.78 is 0. The Labute approximate surface area is 146 Å². The Bertz CT molecular complexity index is 536. The quantitative estimate of drug-likeness (QED) is 0.598. The van der Waals surface area contributed by atoms with Crippen LogP contribution in [0, 0.1) is 5.41 Å². The number of nitrogens with zero attached hydrogens (tertiary/aromatic N) is 2. The minimum Gasteiger partial charge on any atom is -0.370 e. The van der Waals surface area contributed by atoms with Gasteiger partial charge in [-0.2, -0.15) is 0 Å². The standard InChI is InChI=1S/C20H32N4/c1-2-24-13-6-10-18(24)15-22-19(21)23-16-20(11-7-12-20)14-17-8-4-3-5-9-17/h3-5,8-9,18H,2,6-7,10-16H2,1H3,(H3,21,22,23). The van der Waals surface area contributed by atoms with Crippen molar-refractivity contribution in [3.63, 3.8) is 0 Å². The lowest BCUT2D eigenvalue weighted by Crippen LogP contribution is -2.43. The first-order valence-corrected chi connectivity index (χ1v) is 9.52. The van der Waals surface area contributed by atoms with Crippen LogP contribution in [0.2, 0.25) is 0 Å². The highest BCUT2D eigenvalue weighted by Crippen LogP contribution is 2.43. The van der Waals surface area contributed by atoms with E-state index in [1.807, 2.05) is 0 Å². The van der Waals surface area contributed by atoms with Crippen molar-refractivity contribution in [1.29, 1.82) is 0 Å². The molecule has 1 heterocycles. The topological polar surface area (TPSA) is 53.6 Å². The average molecular weight is 329 g/mol. The molecule has 0 amide bonds. The van der Waals surface area contributed by atoms with Crippen molar-refractivity contribution in [2.75, 3.05) is 26.2 Å². The van der Waals surface area contributed by atoms with Crippen molar-refractivity contribution in [2.45, 2.75) is 51.5 Å². The predicted octanol–water partition coefficient (Wildman–Crippen LogP) is 2.79.